The second-order valence-corrected chi connectivity index (χ2v) is 8.09. The Kier molecular flexibility index (Phi) is 3.98. The van der Waals surface area contributed by atoms with E-state index in [1.807, 2.05) is 31.2 Å². The fourth-order valence-electron chi connectivity index (χ4n) is 3.88. The first-order chi connectivity index (χ1) is 12.4. The lowest BCUT2D eigenvalue weighted by Crippen LogP contribution is -2.48. The van der Waals surface area contributed by atoms with Gasteiger partial charge < -0.3 is 10.0 Å². The molecule has 0 spiro atoms. The Morgan fingerprint density at radius 2 is 2.04 bits per heavy atom. The van der Waals surface area contributed by atoms with Gasteiger partial charge in [-0.15, -0.1) is 0 Å². The van der Waals surface area contributed by atoms with Crippen LogP contribution in [-0.4, -0.2) is 40.0 Å². The van der Waals surface area contributed by atoms with E-state index in [-0.39, 0.29) is 12.5 Å². The van der Waals surface area contributed by atoms with Crippen molar-refractivity contribution in [3.8, 4) is 0 Å². The number of likely N-dealkylation sites (tertiary alicyclic amines) is 1. The van der Waals surface area contributed by atoms with Crippen molar-refractivity contribution in [1.29, 1.82) is 0 Å². The third-order valence-electron chi connectivity index (χ3n) is 5.71. The van der Waals surface area contributed by atoms with Crippen LogP contribution >= 0.6 is 0 Å². The highest BCUT2D eigenvalue weighted by Gasteiger charge is 2.40. The number of amides is 1. The Morgan fingerprint density at radius 1 is 1.27 bits per heavy atom. The van der Waals surface area contributed by atoms with Gasteiger partial charge in [0.05, 0.1) is 16.5 Å². The number of carbonyl (C=O) groups excluding carboxylic acids is 1. The maximum absolute atomic E-state index is 13.3. The van der Waals surface area contributed by atoms with Crippen LogP contribution in [0.15, 0.2) is 24.3 Å². The number of hydrogen-bond donors (Lipinski definition) is 1. The first-order valence-corrected chi connectivity index (χ1v) is 9.31. The number of nitrogens with zero attached hydrogens (tertiary/aromatic N) is 2. The number of hydrogen-bond acceptors (Lipinski definition) is 3. The summed E-state index contributed by atoms with van der Waals surface area (Å²) in [7, 11) is 0. The van der Waals surface area contributed by atoms with Crippen LogP contribution in [-0.2, 0) is 4.79 Å². The van der Waals surface area contributed by atoms with Crippen molar-refractivity contribution < 1.29 is 14.7 Å². The molecule has 0 radical (unpaired) electrons. The van der Waals surface area contributed by atoms with Gasteiger partial charge in [-0.3, -0.25) is 14.6 Å². The van der Waals surface area contributed by atoms with E-state index in [2.05, 4.69) is 0 Å². The zero-order valence-electron chi connectivity index (χ0n) is 15.3. The smallest absolute Gasteiger partial charge is 0.311 e. The maximum atomic E-state index is 13.3. The Balaban J connectivity index is 1.76. The van der Waals surface area contributed by atoms with Gasteiger partial charge in [0.15, 0.2) is 0 Å². The molecule has 1 aromatic carbocycles. The number of benzene rings is 1. The van der Waals surface area contributed by atoms with Crippen LogP contribution in [0, 0.1) is 12.3 Å². The van der Waals surface area contributed by atoms with Crippen LogP contribution in [0.2, 0.25) is 0 Å². The number of aromatic nitrogens is 1. The molecule has 0 bridgehead atoms. The number of piperidine rings is 1. The van der Waals surface area contributed by atoms with E-state index in [0.717, 1.165) is 35.0 Å². The molecule has 2 heterocycles. The van der Waals surface area contributed by atoms with Gasteiger partial charge in [0, 0.05) is 30.1 Å². The summed E-state index contributed by atoms with van der Waals surface area (Å²) in [5, 5.41) is 10.4. The van der Waals surface area contributed by atoms with Gasteiger partial charge in [0.1, 0.15) is 0 Å². The molecule has 1 saturated carbocycles. The van der Waals surface area contributed by atoms with Crippen LogP contribution in [0.25, 0.3) is 10.9 Å². The summed E-state index contributed by atoms with van der Waals surface area (Å²) < 4.78 is 0. The minimum Gasteiger partial charge on any atom is -0.481 e. The summed E-state index contributed by atoms with van der Waals surface area (Å²) in [6.45, 7) is 4.61. The lowest BCUT2D eigenvalue weighted by Gasteiger charge is -2.37. The van der Waals surface area contributed by atoms with Crippen LogP contribution in [0.1, 0.15) is 60.1 Å². The molecule has 1 aliphatic heterocycles. The van der Waals surface area contributed by atoms with Crippen LogP contribution < -0.4 is 0 Å². The molecule has 5 heteroatoms. The third kappa shape index (κ3) is 2.96. The zero-order chi connectivity index (χ0) is 18.5. The first-order valence-electron chi connectivity index (χ1n) is 9.31. The second kappa shape index (κ2) is 6.08. The summed E-state index contributed by atoms with van der Waals surface area (Å²) in [6, 6.07) is 7.94. The molecule has 1 saturated heterocycles. The van der Waals surface area contributed by atoms with Gasteiger partial charge >= 0.3 is 5.97 Å². The fourth-order valence-corrected chi connectivity index (χ4v) is 3.88. The topological polar surface area (TPSA) is 70.5 Å². The fraction of sp³-hybridized carbons (Fsp3) is 0.476. The van der Waals surface area contributed by atoms with Gasteiger partial charge in [-0.2, -0.15) is 0 Å². The average molecular weight is 352 g/mol. The van der Waals surface area contributed by atoms with Gasteiger partial charge in [-0.05, 0) is 57.7 Å². The zero-order valence-corrected chi connectivity index (χ0v) is 15.3. The Hall–Kier alpha value is -2.43. The SMILES string of the molecule is Cc1ccc2nc(C3CC3)cc(C(=O)N3CCCC(C)(C(=O)O)C3)c2c1. The average Bonchev–Trinajstić information content (AvgIpc) is 3.45. The third-order valence-corrected chi connectivity index (χ3v) is 5.71. The summed E-state index contributed by atoms with van der Waals surface area (Å²) in [5.41, 5.74) is 2.72. The van der Waals surface area contributed by atoms with Crippen molar-refractivity contribution in [3.63, 3.8) is 0 Å². The van der Waals surface area contributed by atoms with Crippen molar-refractivity contribution >= 4 is 22.8 Å². The predicted octanol–water partition coefficient (Wildman–Crippen LogP) is 3.75. The van der Waals surface area contributed by atoms with Gasteiger partial charge in [-0.25, -0.2) is 0 Å². The molecular formula is C21H24N2O3. The molecule has 1 aliphatic carbocycles. The molecule has 4 rings (SSSR count). The highest BCUT2D eigenvalue weighted by molar-refractivity contribution is 6.06. The van der Waals surface area contributed by atoms with E-state index in [4.69, 9.17) is 4.98 Å². The summed E-state index contributed by atoms with van der Waals surface area (Å²) in [5.74, 6) is -0.445. The quantitative estimate of drug-likeness (QED) is 0.913. The van der Waals surface area contributed by atoms with E-state index in [9.17, 15) is 14.7 Å². The summed E-state index contributed by atoms with van der Waals surface area (Å²) in [6.07, 6.45) is 3.57. The normalized spacial score (nSPS) is 23.2. The van der Waals surface area contributed by atoms with Crippen LogP contribution in [0.4, 0.5) is 0 Å². The number of pyridine rings is 1. The highest BCUT2D eigenvalue weighted by atomic mass is 16.4. The first kappa shape index (κ1) is 17.0. The highest BCUT2D eigenvalue weighted by Crippen LogP contribution is 2.40. The molecule has 1 atom stereocenters. The largest absolute Gasteiger partial charge is 0.481 e. The number of aliphatic carboxylic acids is 1. The minimum absolute atomic E-state index is 0.0722. The number of aryl methyl sites for hydroxylation is 1. The van der Waals surface area contributed by atoms with E-state index >= 15 is 0 Å². The molecule has 5 nitrogen and oxygen atoms in total. The molecule has 1 unspecified atom stereocenters. The summed E-state index contributed by atoms with van der Waals surface area (Å²) in [4.78, 5) is 31.4. The molecular weight excluding hydrogens is 328 g/mol. The number of carbonyl (C=O) groups is 2. The molecule has 136 valence electrons. The van der Waals surface area contributed by atoms with E-state index < -0.39 is 11.4 Å². The standard InChI is InChI=1S/C21H24N2O3/c1-13-4-7-17-15(10-13)16(11-18(22-17)14-5-6-14)19(24)23-9-3-8-21(2,12-23)20(25)26/h4,7,10-11,14H,3,5-6,8-9,12H2,1-2H3,(H,25,26). The maximum Gasteiger partial charge on any atom is 0.311 e. The van der Waals surface area contributed by atoms with Crippen molar-refractivity contribution in [2.45, 2.75) is 45.4 Å². The molecule has 1 aromatic heterocycles. The monoisotopic (exact) mass is 352 g/mol. The number of carboxylic acid groups (broad SMARTS) is 1. The number of rotatable bonds is 3. The lowest BCUT2D eigenvalue weighted by atomic mass is 9.82. The Bertz CT molecular complexity index is 904. The van der Waals surface area contributed by atoms with Crippen molar-refractivity contribution in [3.05, 3.63) is 41.1 Å². The summed E-state index contributed by atoms with van der Waals surface area (Å²) >= 11 is 0. The molecule has 2 aliphatic rings. The predicted molar refractivity (Wildman–Crippen MR) is 99.3 cm³/mol. The number of carboxylic acids is 1. The van der Waals surface area contributed by atoms with Crippen LogP contribution in [0.5, 0.6) is 0 Å². The second-order valence-electron chi connectivity index (χ2n) is 8.09. The van der Waals surface area contributed by atoms with E-state index in [0.29, 0.717) is 30.9 Å². The minimum atomic E-state index is -0.869. The molecule has 2 aromatic rings. The number of fused-ring (bicyclic) bond motifs is 1. The Labute approximate surface area is 153 Å². The van der Waals surface area contributed by atoms with E-state index in [1.54, 1.807) is 11.8 Å². The van der Waals surface area contributed by atoms with Crippen molar-refractivity contribution in [2.75, 3.05) is 13.1 Å². The van der Waals surface area contributed by atoms with Gasteiger partial charge in [0.25, 0.3) is 5.91 Å². The molecule has 26 heavy (non-hydrogen) atoms. The molecule has 2 fully saturated rings. The van der Waals surface area contributed by atoms with Crippen LogP contribution in [0.3, 0.4) is 0 Å². The van der Waals surface area contributed by atoms with Crippen molar-refractivity contribution in [1.82, 2.24) is 9.88 Å². The molecule has 1 N–H and O–H groups in total. The van der Waals surface area contributed by atoms with E-state index in [1.165, 1.54) is 0 Å². The molecule has 1 amide bonds. The lowest BCUT2D eigenvalue weighted by molar-refractivity contribution is -0.150. The Morgan fingerprint density at radius 3 is 2.73 bits per heavy atom. The van der Waals surface area contributed by atoms with Crippen molar-refractivity contribution in [2.24, 2.45) is 5.41 Å². The van der Waals surface area contributed by atoms with Gasteiger partial charge in [-0.1, -0.05) is 11.6 Å². The van der Waals surface area contributed by atoms with Gasteiger partial charge in [0.2, 0.25) is 0 Å².